The molecule has 1 amide bonds. The minimum atomic E-state index is -4.37. The van der Waals surface area contributed by atoms with E-state index < -0.39 is 17.2 Å². The van der Waals surface area contributed by atoms with Crippen LogP contribution in [0.15, 0.2) is 72.8 Å². The predicted octanol–water partition coefficient (Wildman–Crippen LogP) is 6.07. The van der Waals surface area contributed by atoms with E-state index in [4.69, 9.17) is 11.6 Å². The number of carbonyl (C=O) groups is 1. The molecule has 0 spiro atoms. The van der Waals surface area contributed by atoms with Gasteiger partial charge in [-0.25, -0.2) is 0 Å². The lowest BCUT2D eigenvalue weighted by Gasteiger charge is -2.42. The van der Waals surface area contributed by atoms with Gasteiger partial charge >= 0.3 is 6.18 Å². The second-order valence-electron chi connectivity index (χ2n) is 9.24. The fraction of sp³-hybridized carbons (Fsp3) is 0.321. The van der Waals surface area contributed by atoms with E-state index in [1.165, 1.54) is 12.1 Å². The molecule has 0 aliphatic carbocycles. The molecule has 1 heterocycles. The van der Waals surface area contributed by atoms with E-state index in [1.807, 2.05) is 6.07 Å². The third-order valence-corrected chi connectivity index (χ3v) is 7.33. The Labute approximate surface area is 213 Å². The summed E-state index contributed by atoms with van der Waals surface area (Å²) in [5.74, 6) is -0.123. The van der Waals surface area contributed by atoms with Crippen LogP contribution in [-0.4, -0.2) is 42.1 Å². The zero-order valence-corrected chi connectivity index (χ0v) is 20.4. The van der Waals surface area contributed by atoms with E-state index in [0.29, 0.717) is 61.6 Å². The number of benzene rings is 3. The number of carbonyl (C=O) groups excluding carboxylic acids is 1. The molecule has 3 aromatic rings. The van der Waals surface area contributed by atoms with Crippen LogP contribution in [0.25, 0.3) is 0 Å². The number of phenolic OH excluding ortho intramolecular Hbond substituents is 1. The first-order chi connectivity index (χ1) is 17.2. The Morgan fingerprint density at radius 2 is 1.69 bits per heavy atom. The fourth-order valence-corrected chi connectivity index (χ4v) is 5.11. The smallest absolute Gasteiger partial charge is 0.416 e. The summed E-state index contributed by atoms with van der Waals surface area (Å²) in [6.07, 6.45) is -2.71. The second kappa shape index (κ2) is 10.9. The zero-order valence-electron chi connectivity index (χ0n) is 19.7. The Kier molecular flexibility index (Phi) is 7.91. The van der Waals surface area contributed by atoms with Crippen molar-refractivity contribution in [1.29, 1.82) is 0 Å². The highest BCUT2D eigenvalue weighted by molar-refractivity contribution is 6.33. The number of nitrogens with zero attached hydrogens (tertiary/aromatic N) is 1. The summed E-state index contributed by atoms with van der Waals surface area (Å²) in [4.78, 5) is 15.0. The molecule has 0 bridgehead atoms. The molecule has 36 heavy (non-hydrogen) atoms. The van der Waals surface area contributed by atoms with Gasteiger partial charge in [-0.3, -0.25) is 4.79 Å². The minimum Gasteiger partial charge on any atom is -0.508 e. The van der Waals surface area contributed by atoms with E-state index in [9.17, 15) is 23.1 Å². The number of nitrogens with one attached hydrogen (secondary N) is 1. The number of piperidine rings is 1. The molecule has 4 nitrogen and oxygen atoms in total. The van der Waals surface area contributed by atoms with Crippen LogP contribution in [0.3, 0.4) is 0 Å². The summed E-state index contributed by atoms with van der Waals surface area (Å²) in [5.41, 5.74) is 0.603. The Balaban J connectivity index is 1.46. The summed E-state index contributed by atoms with van der Waals surface area (Å²) in [6.45, 7) is 2.18. The molecule has 8 heteroatoms. The maximum Gasteiger partial charge on any atom is 0.416 e. The molecule has 190 valence electrons. The monoisotopic (exact) mass is 516 g/mol. The molecule has 0 radical (unpaired) electrons. The molecule has 0 saturated carbocycles. The van der Waals surface area contributed by atoms with Gasteiger partial charge in [-0.05, 0) is 73.8 Å². The number of alkyl halides is 3. The molecule has 0 unspecified atom stereocenters. The van der Waals surface area contributed by atoms with Crippen LogP contribution in [0.2, 0.25) is 5.02 Å². The SMILES string of the molecule is O=C(NCC1(c2cccc(O)c2)CCN(CCc2ccccc2C(F)(F)F)CC1)c1ccccc1Cl. The van der Waals surface area contributed by atoms with Crippen LogP contribution in [0.1, 0.15) is 39.9 Å². The predicted molar refractivity (Wildman–Crippen MR) is 134 cm³/mol. The van der Waals surface area contributed by atoms with Crippen molar-refractivity contribution >= 4 is 17.5 Å². The number of likely N-dealkylation sites (tertiary alicyclic amines) is 1. The highest BCUT2D eigenvalue weighted by atomic mass is 35.5. The normalized spacial score (nSPS) is 16.0. The van der Waals surface area contributed by atoms with Gasteiger partial charge in [0.25, 0.3) is 5.91 Å². The van der Waals surface area contributed by atoms with Gasteiger partial charge in [-0.2, -0.15) is 13.2 Å². The van der Waals surface area contributed by atoms with Crippen molar-refractivity contribution in [3.05, 3.63) is 100 Å². The third kappa shape index (κ3) is 6.02. The van der Waals surface area contributed by atoms with Gasteiger partial charge in [0.05, 0.1) is 16.1 Å². The van der Waals surface area contributed by atoms with E-state index in [1.54, 1.807) is 48.5 Å². The van der Waals surface area contributed by atoms with E-state index >= 15 is 0 Å². The topological polar surface area (TPSA) is 52.6 Å². The minimum absolute atomic E-state index is 0.149. The lowest BCUT2D eigenvalue weighted by molar-refractivity contribution is -0.138. The maximum atomic E-state index is 13.4. The number of rotatable bonds is 7. The molecule has 3 aromatic carbocycles. The number of phenols is 1. The Hall–Kier alpha value is -3.03. The van der Waals surface area contributed by atoms with Crippen molar-refractivity contribution in [3.63, 3.8) is 0 Å². The maximum absolute atomic E-state index is 13.4. The van der Waals surface area contributed by atoms with Gasteiger partial charge < -0.3 is 15.3 Å². The quantitative estimate of drug-likeness (QED) is 0.401. The number of hydrogen-bond donors (Lipinski definition) is 2. The number of hydrogen-bond acceptors (Lipinski definition) is 3. The molecule has 0 atom stereocenters. The van der Waals surface area contributed by atoms with E-state index in [2.05, 4.69) is 10.2 Å². The number of amides is 1. The van der Waals surface area contributed by atoms with Crippen LogP contribution in [0, 0.1) is 0 Å². The Bertz CT molecular complexity index is 1210. The molecular formula is C28H28ClF3N2O2. The summed E-state index contributed by atoms with van der Waals surface area (Å²) < 4.78 is 40.1. The average Bonchev–Trinajstić information content (AvgIpc) is 2.86. The van der Waals surface area contributed by atoms with Crippen molar-refractivity contribution in [1.82, 2.24) is 10.2 Å². The molecule has 1 saturated heterocycles. The molecule has 1 fully saturated rings. The molecule has 2 N–H and O–H groups in total. The number of aromatic hydroxyl groups is 1. The van der Waals surface area contributed by atoms with Crippen LogP contribution < -0.4 is 5.32 Å². The average molecular weight is 517 g/mol. The van der Waals surface area contributed by atoms with Gasteiger partial charge in [0.15, 0.2) is 0 Å². The highest BCUT2D eigenvalue weighted by Crippen LogP contribution is 2.37. The Morgan fingerprint density at radius 3 is 2.39 bits per heavy atom. The van der Waals surface area contributed by atoms with Crippen LogP contribution >= 0.6 is 11.6 Å². The lowest BCUT2D eigenvalue weighted by atomic mass is 9.72. The zero-order chi connectivity index (χ0) is 25.8. The van der Waals surface area contributed by atoms with Crippen LogP contribution in [0.4, 0.5) is 13.2 Å². The lowest BCUT2D eigenvalue weighted by Crippen LogP contribution is -2.49. The molecule has 0 aromatic heterocycles. The molecule has 1 aliphatic rings. The summed E-state index contributed by atoms with van der Waals surface area (Å²) >= 11 is 6.19. The Morgan fingerprint density at radius 1 is 1.00 bits per heavy atom. The second-order valence-corrected chi connectivity index (χ2v) is 9.65. The van der Waals surface area contributed by atoms with Gasteiger partial charge in [0.2, 0.25) is 0 Å². The van der Waals surface area contributed by atoms with Gasteiger partial charge in [0.1, 0.15) is 5.75 Å². The summed E-state index contributed by atoms with van der Waals surface area (Å²) in [5, 5.41) is 13.5. The third-order valence-electron chi connectivity index (χ3n) is 7.00. The summed E-state index contributed by atoms with van der Waals surface area (Å²) in [7, 11) is 0. The first-order valence-electron chi connectivity index (χ1n) is 11.9. The number of halogens is 4. The standard InChI is InChI=1S/C28H28ClF3N2O2/c29-25-11-4-2-9-23(25)26(36)33-19-27(21-7-5-8-22(35)18-21)13-16-34(17-14-27)15-12-20-6-1-3-10-24(20)28(30,31)32/h1-11,18,35H,12-17,19H2,(H,33,36). The van der Waals surface area contributed by atoms with E-state index in [0.717, 1.165) is 11.6 Å². The van der Waals surface area contributed by atoms with Crippen molar-refractivity contribution in [2.75, 3.05) is 26.2 Å². The van der Waals surface area contributed by atoms with Crippen LogP contribution in [-0.2, 0) is 18.0 Å². The molecule has 1 aliphatic heterocycles. The van der Waals surface area contributed by atoms with Crippen LogP contribution in [0.5, 0.6) is 5.75 Å². The van der Waals surface area contributed by atoms with Gasteiger partial charge in [-0.15, -0.1) is 0 Å². The summed E-state index contributed by atoms with van der Waals surface area (Å²) in [6, 6.07) is 19.6. The van der Waals surface area contributed by atoms with E-state index in [-0.39, 0.29) is 11.7 Å². The van der Waals surface area contributed by atoms with Gasteiger partial charge in [-0.1, -0.05) is 54.1 Å². The molecule has 4 rings (SSSR count). The first kappa shape index (κ1) is 26.0. The molecular weight excluding hydrogens is 489 g/mol. The van der Waals surface area contributed by atoms with Gasteiger partial charge in [0, 0.05) is 18.5 Å². The van der Waals surface area contributed by atoms with Crippen molar-refractivity contribution in [2.45, 2.75) is 30.9 Å². The fourth-order valence-electron chi connectivity index (χ4n) is 4.89. The van der Waals surface area contributed by atoms with Crippen molar-refractivity contribution in [2.24, 2.45) is 0 Å². The largest absolute Gasteiger partial charge is 0.508 e. The van der Waals surface area contributed by atoms with Crippen molar-refractivity contribution < 1.29 is 23.1 Å². The van der Waals surface area contributed by atoms with Crippen molar-refractivity contribution in [3.8, 4) is 5.75 Å². The first-order valence-corrected chi connectivity index (χ1v) is 12.3. The highest BCUT2D eigenvalue weighted by Gasteiger charge is 2.37.